The zero-order chi connectivity index (χ0) is 15.4. The summed E-state index contributed by atoms with van der Waals surface area (Å²) in [5.41, 5.74) is 0.683. The van der Waals surface area contributed by atoms with E-state index >= 15 is 0 Å². The highest BCUT2D eigenvalue weighted by Gasteiger charge is 2.18. The summed E-state index contributed by atoms with van der Waals surface area (Å²) in [5, 5.41) is 14.4. The number of carbonyl (C=O) groups is 1. The van der Waals surface area contributed by atoms with Crippen LogP contribution in [-0.4, -0.2) is 32.0 Å². The van der Waals surface area contributed by atoms with Gasteiger partial charge in [0, 0.05) is 17.6 Å². The molecule has 6 heteroatoms. The van der Waals surface area contributed by atoms with Crippen molar-refractivity contribution in [3.63, 3.8) is 0 Å². The molecule has 1 aromatic rings. The second-order valence-electron chi connectivity index (χ2n) is 6.80. The summed E-state index contributed by atoms with van der Waals surface area (Å²) in [5.74, 6) is -0.0444. The van der Waals surface area contributed by atoms with E-state index in [4.69, 9.17) is 0 Å². The van der Waals surface area contributed by atoms with Crippen molar-refractivity contribution in [2.24, 2.45) is 0 Å². The molecule has 1 rings (SSSR count). The normalized spacial score (nSPS) is 12.5. The topological polar surface area (TPSA) is 71.8 Å². The zero-order valence-corrected chi connectivity index (χ0v) is 13.4. The zero-order valence-electron chi connectivity index (χ0n) is 13.4. The lowest BCUT2D eigenvalue weighted by molar-refractivity contribution is -0.123. The summed E-state index contributed by atoms with van der Waals surface area (Å²) < 4.78 is 1.57. The summed E-state index contributed by atoms with van der Waals surface area (Å²) >= 11 is 0. The van der Waals surface area contributed by atoms with Gasteiger partial charge >= 0.3 is 0 Å². The van der Waals surface area contributed by atoms with E-state index in [0.29, 0.717) is 6.54 Å². The lowest BCUT2D eigenvalue weighted by Gasteiger charge is -2.24. The average Bonchev–Trinajstić information content (AvgIpc) is 2.72. The molecule has 0 aromatic carbocycles. The SMILES string of the molecule is CCC(C)(C)NC(=O)Cn1cc(CNC(C)(C)C)nn1. The van der Waals surface area contributed by atoms with E-state index in [0.717, 1.165) is 12.1 Å². The van der Waals surface area contributed by atoms with Crippen molar-refractivity contribution in [2.45, 2.75) is 72.1 Å². The molecule has 0 atom stereocenters. The first kappa shape index (κ1) is 16.6. The molecular weight excluding hydrogens is 254 g/mol. The monoisotopic (exact) mass is 281 g/mol. The first-order valence-electron chi connectivity index (χ1n) is 7.06. The van der Waals surface area contributed by atoms with Crippen molar-refractivity contribution in [3.05, 3.63) is 11.9 Å². The van der Waals surface area contributed by atoms with Gasteiger partial charge in [-0.3, -0.25) is 4.79 Å². The Morgan fingerprint density at radius 1 is 1.30 bits per heavy atom. The van der Waals surface area contributed by atoms with Gasteiger partial charge in [0.15, 0.2) is 0 Å². The molecule has 0 fully saturated rings. The van der Waals surface area contributed by atoms with Crippen molar-refractivity contribution in [3.8, 4) is 0 Å². The maximum absolute atomic E-state index is 11.9. The van der Waals surface area contributed by atoms with Crippen LogP contribution in [0.25, 0.3) is 0 Å². The van der Waals surface area contributed by atoms with E-state index < -0.39 is 0 Å². The number of aromatic nitrogens is 3. The first-order chi connectivity index (χ1) is 9.11. The number of hydrogen-bond acceptors (Lipinski definition) is 4. The van der Waals surface area contributed by atoms with Crippen molar-refractivity contribution in [1.29, 1.82) is 0 Å². The molecule has 1 aromatic heterocycles. The van der Waals surface area contributed by atoms with Gasteiger partial charge in [0.2, 0.25) is 5.91 Å². The number of nitrogens with zero attached hydrogens (tertiary/aromatic N) is 3. The molecule has 0 bridgehead atoms. The van der Waals surface area contributed by atoms with Crippen LogP contribution in [0.3, 0.4) is 0 Å². The van der Waals surface area contributed by atoms with Gasteiger partial charge in [-0.15, -0.1) is 5.10 Å². The van der Waals surface area contributed by atoms with Gasteiger partial charge in [-0.2, -0.15) is 0 Å². The molecule has 114 valence electrons. The van der Waals surface area contributed by atoms with Gasteiger partial charge in [0.25, 0.3) is 0 Å². The maximum Gasteiger partial charge on any atom is 0.242 e. The fraction of sp³-hybridized carbons (Fsp3) is 0.786. The molecule has 1 heterocycles. The van der Waals surface area contributed by atoms with E-state index in [2.05, 4.69) is 41.7 Å². The molecule has 0 radical (unpaired) electrons. The summed E-state index contributed by atoms with van der Waals surface area (Å²) in [4.78, 5) is 11.9. The Morgan fingerprint density at radius 3 is 2.50 bits per heavy atom. The van der Waals surface area contributed by atoms with Crippen molar-refractivity contribution in [2.75, 3.05) is 0 Å². The molecule has 0 aliphatic carbocycles. The van der Waals surface area contributed by atoms with E-state index in [9.17, 15) is 4.79 Å². The molecule has 20 heavy (non-hydrogen) atoms. The highest BCUT2D eigenvalue weighted by atomic mass is 16.2. The standard InChI is InChI=1S/C14H27N5O/c1-7-14(5,6)16-12(20)10-19-9-11(17-18-19)8-15-13(2,3)4/h9,15H,7-8,10H2,1-6H3,(H,16,20). The van der Waals surface area contributed by atoms with Crippen LogP contribution in [0.1, 0.15) is 53.7 Å². The second-order valence-corrected chi connectivity index (χ2v) is 6.80. The molecular formula is C14H27N5O. The van der Waals surface area contributed by atoms with Crippen LogP contribution in [0.2, 0.25) is 0 Å². The third-order valence-electron chi connectivity index (χ3n) is 3.05. The van der Waals surface area contributed by atoms with Gasteiger partial charge < -0.3 is 10.6 Å². The lowest BCUT2D eigenvalue weighted by atomic mass is 10.0. The van der Waals surface area contributed by atoms with Crippen molar-refractivity contribution >= 4 is 5.91 Å². The predicted molar refractivity (Wildman–Crippen MR) is 79.1 cm³/mol. The summed E-state index contributed by atoms with van der Waals surface area (Å²) in [6.07, 6.45) is 2.69. The highest BCUT2D eigenvalue weighted by molar-refractivity contribution is 5.76. The average molecular weight is 281 g/mol. The Labute approximate surface area is 121 Å². The predicted octanol–water partition coefficient (Wildman–Crippen LogP) is 1.47. The minimum Gasteiger partial charge on any atom is -0.350 e. The number of rotatable bonds is 6. The van der Waals surface area contributed by atoms with E-state index in [1.807, 2.05) is 20.8 Å². The van der Waals surface area contributed by atoms with E-state index in [1.54, 1.807) is 10.9 Å². The minimum atomic E-state index is -0.186. The van der Waals surface area contributed by atoms with Gasteiger partial charge in [-0.25, -0.2) is 4.68 Å². The number of carbonyl (C=O) groups excluding carboxylic acids is 1. The fourth-order valence-corrected chi connectivity index (χ4v) is 1.51. The molecule has 2 N–H and O–H groups in total. The molecule has 0 aliphatic heterocycles. The Balaban J connectivity index is 2.50. The fourth-order valence-electron chi connectivity index (χ4n) is 1.51. The lowest BCUT2D eigenvalue weighted by Crippen LogP contribution is -2.44. The van der Waals surface area contributed by atoms with Gasteiger partial charge in [-0.1, -0.05) is 12.1 Å². The maximum atomic E-state index is 11.9. The van der Waals surface area contributed by atoms with Crippen molar-refractivity contribution < 1.29 is 4.79 Å². The van der Waals surface area contributed by atoms with Gasteiger partial charge in [-0.05, 0) is 41.0 Å². The van der Waals surface area contributed by atoms with Crippen LogP contribution in [-0.2, 0) is 17.9 Å². The summed E-state index contributed by atoms with van der Waals surface area (Å²) in [7, 11) is 0. The number of amides is 1. The van der Waals surface area contributed by atoms with Crippen LogP contribution < -0.4 is 10.6 Å². The number of hydrogen-bond donors (Lipinski definition) is 2. The van der Waals surface area contributed by atoms with Crippen LogP contribution in [0.4, 0.5) is 0 Å². The first-order valence-corrected chi connectivity index (χ1v) is 7.06. The molecule has 0 aliphatic rings. The minimum absolute atomic E-state index is 0.0340. The Kier molecular flexibility index (Phi) is 5.28. The molecule has 6 nitrogen and oxygen atoms in total. The van der Waals surface area contributed by atoms with Gasteiger partial charge in [0.1, 0.15) is 6.54 Å². The van der Waals surface area contributed by atoms with E-state index in [1.165, 1.54) is 0 Å². The van der Waals surface area contributed by atoms with Crippen LogP contribution in [0.5, 0.6) is 0 Å². The molecule has 0 spiro atoms. The molecule has 1 amide bonds. The molecule has 0 unspecified atom stereocenters. The van der Waals surface area contributed by atoms with Gasteiger partial charge in [0.05, 0.1) is 11.9 Å². The van der Waals surface area contributed by atoms with Crippen molar-refractivity contribution in [1.82, 2.24) is 25.6 Å². The van der Waals surface area contributed by atoms with E-state index in [-0.39, 0.29) is 23.5 Å². The van der Waals surface area contributed by atoms with Crippen LogP contribution in [0, 0.1) is 0 Å². The Hall–Kier alpha value is -1.43. The second kappa shape index (κ2) is 6.35. The summed E-state index contributed by atoms with van der Waals surface area (Å²) in [6.45, 7) is 13.2. The van der Waals surface area contributed by atoms with Crippen LogP contribution in [0.15, 0.2) is 6.20 Å². The highest BCUT2D eigenvalue weighted by Crippen LogP contribution is 2.06. The number of nitrogens with one attached hydrogen (secondary N) is 2. The third kappa shape index (κ3) is 6.14. The smallest absolute Gasteiger partial charge is 0.242 e. The Morgan fingerprint density at radius 2 is 1.95 bits per heavy atom. The van der Waals surface area contributed by atoms with Crippen LogP contribution >= 0.6 is 0 Å². The third-order valence-corrected chi connectivity index (χ3v) is 3.05. The molecule has 0 saturated heterocycles. The quantitative estimate of drug-likeness (QED) is 0.828. The summed E-state index contributed by atoms with van der Waals surface area (Å²) in [6, 6.07) is 0. The molecule has 0 saturated carbocycles. The largest absolute Gasteiger partial charge is 0.350 e. The Bertz CT molecular complexity index is 445.